The molecule has 2 fully saturated rings. The van der Waals surface area contributed by atoms with E-state index in [0.717, 1.165) is 50.8 Å². The summed E-state index contributed by atoms with van der Waals surface area (Å²) in [5, 5.41) is 1.10. The first-order chi connectivity index (χ1) is 11.5. The van der Waals surface area contributed by atoms with Gasteiger partial charge in [0.2, 0.25) is 5.91 Å². The number of nitrogens with two attached hydrogens (primary N) is 1. The molecule has 24 heavy (non-hydrogen) atoms. The molecule has 1 aliphatic carbocycles. The van der Waals surface area contributed by atoms with Gasteiger partial charge in [0.15, 0.2) is 0 Å². The van der Waals surface area contributed by atoms with Crippen molar-refractivity contribution >= 4 is 29.1 Å². The number of hydrogen-bond donors (Lipinski definition) is 1. The number of carbonyl (C=O) groups excluding carboxylic acids is 1. The molecule has 2 N–H and O–H groups in total. The van der Waals surface area contributed by atoms with Crippen molar-refractivity contribution in [3.05, 3.63) is 33.8 Å². The Morgan fingerprint density at radius 2 is 1.92 bits per heavy atom. The van der Waals surface area contributed by atoms with Gasteiger partial charge in [0, 0.05) is 25.0 Å². The monoisotopic (exact) mass is 370 g/mol. The number of halogens is 2. The van der Waals surface area contributed by atoms with Gasteiger partial charge in [-0.05, 0) is 49.8 Å². The number of amides is 1. The van der Waals surface area contributed by atoms with Gasteiger partial charge in [-0.3, -0.25) is 4.79 Å². The van der Waals surface area contributed by atoms with Crippen LogP contribution in [-0.4, -0.2) is 36.0 Å². The molecule has 0 spiro atoms. The number of carbonyl (C=O) groups is 1. The van der Waals surface area contributed by atoms with E-state index in [1.54, 1.807) is 6.07 Å². The Morgan fingerprint density at radius 3 is 2.54 bits per heavy atom. The van der Waals surface area contributed by atoms with Crippen molar-refractivity contribution in [2.75, 3.05) is 13.1 Å². The molecule has 0 aromatic heterocycles. The highest BCUT2D eigenvalue weighted by atomic mass is 35.5. The van der Waals surface area contributed by atoms with Gasteiger partial charge in [-0.25, -0.2) is 0 Å². The molecule has 4 nitrogen and oxygen atoms in total. The zero-order chi connectivity index (χ0) is 17.1. The molecule has 1 heterocycles. The van der Waals surface area contributed by atoms with Gasteiger partial charge in [0.1, 0.15) is 0 Å². The Morgan fingerprint density at radius 1 is 1.17 bits per heavy atom. The van der Waals surface area contributed by atoms with E-state index in [2.05, 4.69) is 0 Å². The summed E-state index contributed by atoms with van der Waals surface area (Å²) >= 11 is 11.9. The van der Waals surface area contributed by atoms with Crippen molar-refractivity contribution < 1.29 is 9.53 Å². The maximum Gasteiger partial charge on any atom is 0.225 e. The normalized spacial score (nSPS) is 25.2. The summed E-state index contributed by atoms with van der Waals surface area (Å²) in [5.74, 6) is 0.416. The zero-order valence-electron chi connectivity index (χ0n) is 13.7. The van der Waals surface area contributed by atoms with Crippen LogP contribution in [0.5, 0.6) is 0 Å². The van der Waals surface area contributed by atoms with E-state index < -0.39 is 0 Å². The van der Waals surface area contributed by atoms with Gasteiger partial charge in [0.25, 0.3) is 0 Å². The van der Waals surface area contributed by atoms with Gasteiger partial charge in [0.05, 0.1) is 22.8 Å². The van der Waals surface area contributed by atoms with Crippen molar-refractivity contribution in [3.63, 3.8) is 0 Å². The summed E-state index contributed by atoms with van der Waals surface area (Å²) in [7, 11) is 0. The second-order valence-electron chi connectivity index (χ2n) is 6.85. The van der Waals surface area contributed by atoms with Gasteiger partial charge in [-0.1, -0.05) is 29.3 Å². The highest BCUT2D eigenvalue weighted by molar-refractivity contribution is 6.42. The summed E-state index contributed by atoms with van der Waals surface area (Å²) < 4.78 is 5.97. The fourth-order valence-electron chi connectivity index (χ4n) is 3.59. The number of piperidine rings is 1. The van der Waals surface area contributed by atoms with E-state index in [0.29, 0.717) is 16.7 Å². The van der Waals surface area contributed by atoms with E-state index in [1.807, 2.05) is 17.0 Å². The topological polar surface area (TPSA) is 55.6 Å². The van der Waals surface area contributed by atoms with Gasteiger partial charge < -0.3 is 15.4 Å². The number of nitrogens with zero attached hydrogens (tertiary/aromatic N) is 1. The average Bonchev–Trinajstić information content (AvgIpc) is 3.02. The Kier molecular flexibility index (Phi) is 6.03. The predicted molar refractivity (Wildman–Crippen MR) is 96.2 cm³/mol. The molecule has 1 aromatic carbocycles. The van der Waals surface area contributed by atoms with Crippen LogP contribution in [0.25, 0.3) is 0 Å². The van der Waals surface area contributed by atoms with Gasteiger partial charge in [-0.15, -0.1) is 0 Å². The second-order valence-corrected chi connectivity index (χ2v) is 7.67. The van der Waals surface area contributed by atoms with Crippen molar-refractivity contribution in [3.8, 4) is 0 Å². The molecule has 2 aliphatic rings. The fraction of sp³-hybridized carbons (Fsp3) is 0.611. The van der Waals surface area contributed by atoms with Crippen LogP contribution in [0, 0.1) is 5.92 Å². The third-order valence-corrected chi connectivity index (χ3v) is 5.78. The number of ether oxygens (including phenoxy) is 1. The molecule has 1 saturated carbocycles. The van der Waals surface area contributed by atoms with Crippen LogP contribution in [0.4, 0.5) is 0 Å². The number of benzene rings is 1. The minimum Gasteiger partial charge on any atom is -0.373 e. The van der Waals surface area contributed by atoms with Crippen LogP contribution in [0.3, 0.4) is 0 Å². The van der Waals surface area contributed by atoms with E-state index in [4.69, 9.17) is 33.7 Å². The lowest BCUT2D eigenvalue weighted by atomic mass is 10.0. The summed E-state index contributed by atoms with van der Waals surface area (Å²) in [6.45, 7) is 2.07. The van der Waals surface area contributed by atoms with Crippen LogP contribution in [0.15, 0.2) is 18.2 Å². The van der Waals surface area contributed by atoms with E-state index in [1.165, 1.54) is 0 Å². The third-order valence-electron chi connectivity index (χ3n) is 5.05. The molecule has 2 atom stereocenters. The molecular weight excluding hydrogens is 347 g/mol. The molecule has 1 saturated heterocycles. The molecule has 0 radical (unpaired) electrons. The quantitative estimate of drug-likeness (QED) is 0.880. The maximum absolute atomic E-state index is 12.5. The van der Waals surface area contributed by atoms with Crippen molar-refractivity contribution in [2.24, 2.45) is 11.7 Å². The zero-order valence-corrected chi connectivity index (χ0v) is 15.2. The Hall–Kier alpha value is -0.810. The first-order valence-electron chi connectivity index (χ1n) is 8.63. The largest absolute Gasteiger partial charge is 0.373 e. The second kappa shape index (κ2) is 8.05. The van der Waals surface area contributed by atoms with Crippen molar-refractivity contribution in [1.29, 1.82) is 0 Å². The SMILES string of the molecule is NC1CCC(C(=O)N2CCC(OCc3ccc(Cl)c(Cl)c3)CC2)C1. The summed E-state index contributed by atoms with van der Waals surface area (Å²) in [6, 6.07) is 5.75. The molecule has 1 aromatic rings. The lowest BCUT2D eigenvalue weighted by Gasteiger charge is -2.33. The predicted octanol–water partition coefficient (Wildman–Crippen LogP) is 3.63. The fourth-order valence-corrected chi connectivity index (χ4v) is 3.91. The minimum absolute atomic E-state index is 0.133. The Labute approximate surface area is 153 Å². The Bertz CT molecular complexity index is 588. The molecule has 0 bridgehead atoms. The van der Waals surface area contributed by atoms with Crippen LogP contribution in [0.2, 0.25) is 10.0 Å². The van der Waals surface area contributed by atoms with Gasteiger partial charge in [-0.2, -0.15) is 0 Å². The molecule has 1 aliphatic heterocycles. The Balaban J connectivity index is 1.43. The molecule has 6 heteroatoms. The van der Waals surface area contributed by atoms with E-state index >= 15 is 0 Å². The number of likely N-dealkylation sites (tertiary alicyclic amines) is 1. The highest BCUT2D eigenvalue weighted by Gasteiger charge is 2.32. The standard InChI is InChI=1S/C18H24Cl2N2O2/c19-16-4-1-12(9-17(16)20)11-24-15-5-7-22(8-6-15)18(23)13-2-3-14(21)10-13/h1,4,9,13-15H,2-3,5-8,10-11,21H2. The summed E-state index contributed by atoms with van der Waals surface area (Å²) in [4.78, 5) is 14.5. The van der Waals surface area contributed by atoms with Crippen LogP contribution in [0.1, 0.15) is 37.7 Å². The first-order valence-corrected chi connectivity index (χ1v) is 9.38. The summed E-state index contributed by atoms with van der Waals surface area (Å²) in [6.07, 6.45) is 4.70. The van der Waals surface area contributed by atoms with Crippen LogP contribution >= 0.6 is 23.2 Å². The molecule has 3 rings (SSSR count). The molecule has 132 valence electrons. The van der Waals surface area contributed by atoms with Crippen molar-refractivity contribution in [1.82, 2.24) is 4.90 Å². The smallest absolute Gasteiger partial charge is 0.225 e. The number of rotatable bonds is 4. The lowest BCUT2D eigenvalue weighted by molar-refractivity contribution is -0.138. The third kappa shape index (κ3) is 4.42. The van der Waals surface area contributed by atoms with E-state index in [-0.39, 0.29) is 24.0 Å². The maximum atomic E-state index is 12.5. The highest BCUT2D eigenvalue weighted by Crippen LogP contribution is 2.28. The molecule has 1 amide bonds. The molecular formula is C18H24Cl2N2O2. The number of hydrogen-bond acceptors (Lipinski definition) is 3. The lowest BCUT2D eigenvalue weighted by Crippen LogP contribution is -2.43. The molecule has 2 unspecified atom stereocenters. The average molecular weight is 371 g/mol. The van der Waals surface area contributed by atoms with Gasteiger partial charge >= 0.3 is 0 Å². The minimum atomic E-state index is 0.133. The van der Waals surface area contributed by atoms with Crippen molar-refractivity contribution in [2.45, 2.75) is 50.9 Å². The first kappa shape index (κ1) is 18.0. The van der Waals surface area contributed by atoms with Crippen LogP contribution < -0.4 is 5.73 Å². The summed E-state index contributed by atoms with van der Waals surface area (Å²) in [5.41, 5.74) is 6.94. The van der Waals surface area contributed by atoms with Crippen LogP contribution in [-0.2, 0) is 16.1 Å². The van der Waals surface area contributed by atoms with E-state index in [9.17, 15) is 4.79 Å².